The van der Waals surface area contributed by atoms with Gasteiger partial charge in [0.15, 0.2) is 0 Å². The van der Waals surface area contributed by atoms with Gasteiger partial charge < -0.3 is 10.1 Å². The van der Waals surface area contributed by atoms with E-state index in [2.05, 4.69) is 56.2 Å². The Hall–Kier alpha value is -0.680. The van der Waals surface area contributed by atoms with Crippen molar-refractivity contribution in [3.8, 4) is 0 Å². The van der Waals surface area contributed by atoms with Crippen molar-refractivity contribution in [2.75, 3.05) is 12.4 Å². The molecule has 0 bridgehead atoms. The Balaban J connectivity index is 2.60. The largest absolute Gasteiger partial charge is 0.379 e. The SMILES string of the molecule is COC(C)(C)CC(C)Nc1nc(C(C)(C)C)ns1. The molecule has 0 saturated carbocycles. The normalized spacial score (nSPS) is 14.6. The summed E-state index contributed by atoms with van der Waals surface area (Å²) in [4.78, 5) is 4.53. The number of anilines is 1. The van der Waals surface area contributed by atoms with Crippen LogP contribution in [0.3, 0.4) is 0 Å². The molecule has 1 aromatic rings. The van der Waals surface area contributed by atoms with Crippen LogP contribution >= 0.6 is 11.5 Å². The van der Waals surface area contributed by atoms with E-state index in [-0.39, 0.29) is 11.0 Å². The van der Waals surface area contributed by atoms with Crippen LogP contribution in [-0.4, -0.2) is 28.1 Å². The lowest BCUT2D eigenvalue weighted by Gasteiger charge is -2.26. The summed E-state index contributed by atoms with van der Waals surface area (Å²) in [6.07, 6.45) is 0.925. The first-order valence-electron chi connectivity index (χ1n) is 6.30. The zero-order valence-corrected chi connectivity index (χ0v) is 13.3. The second kappa shape index (κ2) is 5.53. The average Bonchev–Trinajstić information content (AvgIpc) is 2.64. The lowest BCUT2D eigenvalue weighted by Crippen LogP contribution is -2.31. The number of ether oxygens (including phenoxy) is 1. The van der Waals surface area contributed by atoms with Crippen LogP contribution < -0.4 is 5.32 Å². The number of hydrogen-bond acceptors (Lipinski definition) is 5. The first-order chi connectivity index (χ1) is 8.14. The zero-order valence-electron chi connectivity index (χ0n) is 12.5. The Morgan fingerprint density at radius 3 is 2.33 bits per heavy atom. The molecule has 1 aromatic heterocycles. The molecule has 18 heavy (non-hydrogen) atoms. The van der Waals surface area contributed by atoms with Crippen molar-refractivity contribution < 1.29 is 4.74 Å². The minimum Gasteiger partial charge on any atom is -0.379 e. The van der Waals surface area contributed by atoms with Crippen molar-refractivity contribution in [1.29, 1.82) is 0 Å². The van der Waals surface area contributed by atoms with Gasteiger partial charge in [0.1, 0.15) is 5.82 Å². The van der Waals surface area contributed by atoms with E-state index in [4.69, 9.17) is 4.74 Å². The monoisotopic (exact) mass is 271 g/mol. The molecule has 1 rings (SSSR count). The predicted molar refractivity (Wildman–Crippen MR) is 77.4 cm³/mol. The van der Waals surface area contributed by atoms with Gasteiger partial charge in [-0.15, -0.1) is 0 Å². The molecule has 0 spiro atoms. The first-order valence-corrected chi connectivity index (χ1v) is 7.07. The van der Waals surface area contributed by atoms with E-state index in [1.165, 1.54) is 11.5 Å². The van der Waals surface area contributed by atoms with Gasteiger partial charge in [0.2, 0.25) is 5.13 Å². The van der Waals surface area contributed by atoms with Crippen molar-refractivity contribution in [3.63, 3.8) is 0 Å². The lowest BCUT2D eigenvalue weighted by molar-refractivity contribution is 0.0128. The van der Waals surface area contributed by atoms with E-state index in [9.17, 15) is 0 Å². The van der Waals surface area contributed by atoms with Gasteiger partial charge in [0.25, 0.3) is 0 Å². The van der Waals surface area contributed by atoms with Crippen LogP contribution in [0.4, 0.5) is 5.13 Å². The molecule has 0 aliphatic rings. The maximum Gasteiger partial charge on any atom is 0.202 e. The van der Waals surface area contributed by atoms with Gasteiger partial charge in [-0.05, 0) is 27.2 Å². The summed E-state index contributed by atoms with van der Waals surface area (Å²) in [7, 11) is 1.75. The van der Waals surface area contributed by atoms with Crippen molar-refractivity contribution in [2.45, 2.75) is 65.0 Å². The lowest BCUT2D eigenvalue weighted by atomic mass is 9.96. The van der Waals surface area contributed by atoms with Crippen LogP contribution in [0, 0.1) is 0 Å². The van der Waals surface area contributed by atoms with Gasteiger partial charge in [0.05, 0.1) is 5.60 Å². The van der Waals surface area contributed by atoms with Gasteiger partial charge in [-0.1, -0.05) is 20.8 Å². The molecule has 0 radical (unpaired) electrons. The van der Waals surface area contributed by atoms with E-state index in [0.29, 0.717) is 6.04 Å². The molecule has 1 heterocycles. The molecule has 104 valence electrons. The molecule has 0 aliphatic carbocycles. The van der Waals surface area contributed by atoms with Crippen molar-refractivity contribution in [1.82, 2.24) is 9.36 Å². The van der Waals surface area contributed by atoms with Gasteiger partial charge >= 0.3 is 0 Å². The summed E-state index contributed by atoms with van der Waals surface area (Å²) in [6.45, 7) is 12.7. The molecular weight excluding hydrogens is 246 g/mol. The van der Waals surface area contributed by atoms with E-state index >= 15 is 0 Å². The Morgan fingerprint density at radius 1 is 1.28 bits per heavy atom. The van der Waals surface area contributed by atoms with Crippen LogP contribution in [0.1, 0.15) is 53.8 Å². The minimum absolute atomic E-state index is 0.00543. The first kappa shape index (κ1) is 15.4. The summed E-state index contributed by atoms with van der Waals surface area (Å²) in [6, 6.07) is 0.306. The number of nitrogens with zero attached hydrogens (tertiary/aromatic N) is 2. The van der Waals surface area contributed by atoms with Crippen LogP contribution in [0.25, 0.3) is 0 Å². The predicted octanol–water partition coefficient (Wildman–Crippen LogP) is 3.45. The van der Waals surface area contributed by atoms with Gasteiger partial charge in [0, 0.05) is 30.1 Å². The number of nitrogens with one attached hydrogen (secondary N) is 1. The molecule has 0 aromatic carbocycles. The molecule has 1 N–H and O–H groups in total. The Bertz CT molecular complexity index is 382. The Kier molecular flexibility index (Phi) is 4.72. The summed E-state index contributed by atoms with van der Waals surface area (Å²) in [5.41, 5.74) is -0.116. The molecular formula is C13H25N3OS. The highest BCUT2D eigenvalue weighted by Gasteiger charge is 2.23. The minimum atomic E-state index is -0.121. The van der Waals surface area contributed by atoms with E-state index < -0.39 is 0 Å². The fourth-order valence-electron chi connectivity index (χ4n) is 1.67. The van der Waals surface area contributed by atoms with E-state index in [1.807, 2.05) is 0 Å². The summed E-state index contributed by atoms with van der Waals surface area (Å²) in [5.74, 6) is 0.896. The fraction of sp³-hybridized carbons (Fsp3) is 0.846. The second-order valence-corrected chi connectivity index (χ2v) is 7.14. The molecule has 0 fully saturated rings. The number of methoxy groups -OCH3 is 1. The van der Waals surface area contributed by atoms with Crippen LogP contribution in [0.2, 0.25) is 0 Å². The van der Waals surface area contributed by atoms with Crippen molar-refractivity contribution in [3.05, 3.63) is 5.82 Å². The van der Waals surface area contributed by atoms with Crippen LogP contribution in [0.5, 0.6) is 0 Å². The quantitative estimate of drug-likeness (QED) is 0.891. The van der Waals surface area contributed by atoms with Crippen molar-refractivity contribution in [2.24, 2.45) is 0 Å². The molecule has 4 nitrogen and oxygen atoms in total. The molecule has 0 aliphatic heterocycles. The standard InChI is InChI=1S/C13H25N3OS/c1-9(8-13(5,6)17-7)14-11-15-10(16-18-11)12(2,3)4/h9H,8H2,1-7H3,(H,14,15,16). The summed E-state index contributed by atoms with van der Waals surface area (Å²) >= 11 is 1.43. The van der Waals surface area contributed by atoms with E-state index in [1.54, 1.807) is 7.11 Å². The molecule has 0 saturated heterocycles. The number of rotatable bonds is 5. The number of hydrogen-bond donors (Lipinski definition) is 1. The van der Waals surface area contributed by atoms with E-state index in [0.717, 1.165) is 17.4 Å². The average molecular weight is 271 g/mol. The summed E-state index contributed by atoms with van der Waals surface area (Å²) in [5, 5.41) is 4.28. The van der Waals surface area contributed by atoms with Crippen LogP contribution in [0.15, 0.2) is 0 Å². The number of aromatic nitrogens is 2. The topological polar surface area (TPSA) is 47.0 Å². The molecule has 5 heteroatoms. The van der Waals surface area contributed by atoms with Crippen LogP contribution in [-0.2, 0) is 10.2 Å². The maximum atomic E-state index is 5.43. The molecule has 1 atom stereocenters. The smallest absolute Gasteiger partial charge is 0.202 e. The Morgan fingerprint density at radius 2 is 1.89 bits per heavy atom. The molecule has 1 unspecified atom stereocenters. The fourth-order valence-corrected chi connectivity index (χ4v) is 2.54. The molecule has 0 amide bonds. The highest BCUT2D eigenvalue weighted by atomic mass is 32.1. The second-order valence-electron chi connectivity index (χ2n) is 6.39. The van der Waals surface area contributed by atoms with Crippen molar-refractivity contribution >= 4 is 16.7 Å². The summed E-state index contributed by atoms with van der Waals surface area (Å²) < 4.78 is 9.83. The van der Waals surface area contributed by atoms with Gasteiger partial charge in [-0.2, -0.15) is 4.37 Å². The highest BCUT2D eigenvalue weighted by Crippen LogP contribution is 2.24. The third-order valence-corrected chi connectivity index (χ3v) is 3.46. The third-order valence-electron chi connectivity index (χ3n) is 2.82. The van der Waals surface area contributed by atoms with Gasteiger partial charge in [-0.25, -0.2) is 4.98 Å². The highest BCUT2D eigenvalue weighted by molar-refractivity contribution is 7.09. The maximum absolute atomic E-state index is 5.43. The third kappa shape index (κ3) is 4.53. The Labute approximate surface area is 114 Å². The van der Waals surface area contributed by atoms with Gasteiger partial charge in [-0.3, -0.25) is 0 Å². The zero-order chi connectivity index (χ0) is 14.0.